The SMILES string of the molecule is ClP1(Cl)=NP(Cl)(Cl)=NP(Cl)(Oc2ccc3ccc4cccc5ccc2c3c45)=N1. The second-order valence-electron chi connectivity index (χ2n) is 6.16. The van der Waals surface area contributed by atoms with Crippen molar-refractivity contribution >= 4 is 107 Å². The molecule has 144 valence electrons. The normalized spacial score (nSPS) is 23.3. The average molecular weight is 529 g/mol. The summed E-state index contributed by atoms with van der Waals surface area (Å²) in [5.41, 5.74) is 0. The molecule has 0 radical (unpaired) electrons. The molecule has 1 aliphatic heterocycles. The van der Waals surface area contributed by atoms with Crippen molar-refractivity contribution in [3.8, 4) is 5.75 Å². The predicted octanol–water partition coefficient (Wildman–Crippen LogP) is 11.0. The molecule has 4 aromatic carbocycles. The Hall–Kier alpha value is -0.140. The van der Waals surface area contributed by atoms with Gasteiger partial charge in [-0.15, -0.1) is 0 Å². The van der Waals surface area contributed by atoms with Crippen LogP contribution in [0.3, 0.4) is 0 Å². The molecule has 1 unspecified atom stereocenters. The fourth-order valence-electron chi connectivity index (χ4n) is 3.40. The van der Waals surface area contributed by atoms with Gasteiger partial charge in [-0.25, -0.2) is 0 Å². The summed E-state index contributed by atoms with van der Waals surface area (Å²) in [6, 6.07) is 18.2. The molecule has 0 aliphatic carbocycles. The maximum absolute atomic E-state index is 6.58. The molecule has 28 heavy (non-hydrogen) atoms. The minimum Gasteiger partial charge on any atom is -0.430 e. The molecule has 0 saturated carbocycles. The molecule has 0 aromatic heterocycles. The van der Waals surface area contributed by atoms with Crippen LogP contribution in [0.4, 0.5) is 0 Å². The van der Waals surface area contributed by atoms with E-state index in [9.17, 15) is 0 Å². The standard InChI is InChI=1S/C16H9Cl5N3OP3/c17-26(18)22-27(19,20)24-28(21,23-26)25-14-9-7-12-5-4-10-2-1-3-11-6-8-13(14)16(12)15(10)11/h1-9H. The smallest absolute Gasteiger partial charge is 0.350 e. The van der Waals surface area contributed by atoms with E-state index in [1.54, 1.807) is 0 Å². The van der Waals surface area contributed by atoms with Crippen molar-refractivity contribution in [3.63, 3.8) is 0 Å². The predicted molar refractivity (Wildman–Crippen MR) is 128 cm³/mol. The van der Waals surface area contributed by atoms with Gasteiger partial charge >= 0.3 is 6.78 Å². The van der Waals surface area contributed by atoms with Crippen molar-refractivity contribution in [2.45, 2.75) is 0 Å². The van der Waals surface area contributed by atoms with Crippen LogP contribution < -0.4 is 4.52 Å². The summed E-state index contributed by atoms with van der Waals surface area (Å²) < 4.78 is 18.3. The Kier molecular flexibility index (Phi) is 4.72. The molecule has 1 atom stereocenters. The van der Waals surface area contributed by atoms with Gasteiger partial charge in [0.05, 0.1) is 0 Å². The number of halogens is 5. The third kappa shape index (κ3) is 3.47. The molecular formula is C16H9Cl5N3OP3. The third-order valence-corrected chi connectivity index (χ3v) is 16.3. The zero-order valence-corrected chi connectivity index (χ0v) is 20.1. The van der Waals surface area contributed by atoms with E-state index >= 15 is 0 Å². The van der Waals surface area contributed by atoms with Crippen LogP contribution in [-0.2, 0) is 0 Å². The molecule has 5 rings (SSSR count). The van der Waals surface area contributed by atoms with Crippen LogP contribution in [-0.4, -0.2) is 0 Å². The second-order valence-corrected chi connectivity index (χ2v) is 19.3. The van der Waals surface area contributed by atoms with Crippen LogP contribution in [0.25, 0.3) is 32.3 Å². The van der Waals surface area contributed by atoms with Crippen LogP contribution in [0.2, 0.25) is 0 Å². The zero-order valence-electron chi connectivity index (χ0n) is 13.7. The van der Waals surface area contributed by atoms with Crippen molar-refractivity contribution < 1.29 is 4.52 Å². The summed E-state index contributed by atoms with van der Waals surface area (Å²) in [7, 11) is 0. The van der Waals surface area contributed by atoms with Gasteiger partial charge in [-0.1, -0.05) is 42.5 Å². The van der Waals surface area contributed by atoms with Gasteiger partial charge in [0.1, 0.15) is 5.75 Å². The van der Waals surface area contributed by atoms with E-state index in [1.807, 2.05) is 30.3 Å². The topological polar surface area (TPSA) is 46.3 Å². The lowest BCUT2D eigenvalue weighted by molar-refractivity contribution is 0.627. The molecule has 4 aromatic rings. The zero-order chi connectivity index (χ0) is 19.7. The Morgan fingerprint density at radius 3 is 1.86 bits per heavy atom. The lowest BCUT2D eigenvalue weighted by Gasteiger charge is -2.23. The number of nitrogens with zero attached hydrogens (tertiary/aromatic N) is 3. The minimum absolute atomic E-state index is 0.519. The van der Waals surface area contributed by atoms with Crippen LogP contribution in [0, 0.1) is 0 Å². The largest absolute Gasteiger partial charge is 0.430 e. The molecule has 12 heteroatoms. The van der Waals surface area contributed by atoms with E-state index < -0.39 is 18.6 Å². The van der Waals surface area contributed by atoms with Crippen molar-refractivity contribution in [2.75, 3.05) is 0 Å². The Morgan fingerprint density at radius 1 is 0.607 bits per heavy atom. The number of hydrogen-bond donors (Lipinski definition) is 0. The van der Waals surface area contributed by atoms with Gasteiger partial charge < -0.3 is 4.52 Å². The molecule has 0 spiro atoms. The van der Waals surface area contributed by atoms with Crippen LogP contribution in [0.15, 0.2) is 68.1 Å². The summed E-state index contributed by atoms with van der Waals surface area (Å²) in [4.78, 5) is 0. The van der Waals surface area contributed by atoms with Crippen molar-refractivity contribution in [1.29, 1.82) is 0 Å². The lowest BCUT2D eigenvalue weighted by Crippen LogP contribution is -1.90. The second kappa shape index (κ2) is 6.68. The molecule has 1 heterocycles. The fourth-order valence-corrected chi connectivity index (χ4v) is 20.0. The molecule has 4 nitrogen and oxygen atoms in total. The molecule has 0 amide bonds. The highest BCUT2D eigenvalue weighted by molar-refractivity contribution is 8.22. The Labute approximate surface area is 184 Å². The molecule has 0 bridgehead atoms. The first-order valence-electron chi connectivity index (χ1n) is 7.91. The van der Waals surface area contributed by atoms with E-state index in [0.29, 0.717) is 5.75 Å². The van der Waals surface area contributed by atoms with Gasteiger partial charge in [0.2, 0.25) is 0 Å². The monoisotopic (exact) mass is 527 g/mol. The molecule has 1 aliphatic rings. The minimum atomic E-state index is -3.32. The van der Waals surface area contributed by atoms with E-state index in [4.69, 9.17) is 60.7 Å². The van der Waals surface area contributed by atoms with E-state index in [-0.39, 0.29) is 0 Å². The summed E-state index contributed by atoms with van der Waals surface area (Å²) >= 11 is 31.2. The third-order valence-electron chi connectivity index (χ3n) is 4.35. The summed E-state index contributed by atoms with van der Waals surface area (Å²) in [6.45, 7) is -3.32. The highest BCUT2D eigenvalue weighted by Crippen LogP contribution is 2.86. The highest BCUT2D eigenvalue weighted by Gasteiger charge is 2.34. The van der Waals surface area contributed by atoms with Gasteiger partial charge in [-0.3, -0.25) is 0 Å². The van der Waals surface area contributed by atoms with Crippen molar-refractivity contribution in [2.24, 2.45) is 13.5 Å². The van der Waals surface area contributed by atoms with Gasteiger partial charge in [0.25, 0.3) is 11.8 Å². The molecule has 0 saturated heterocycles. The average Bonchev–Trinajstić information content (AvgIpc) is 2.57. The van der Waals surface area contributed by atoms with Crippen LogP contribution in [0.5, 0.6) is 5.75 Å². The van der Waals surface area contributed by atoms with Crippen molar-refractivity contribution in [3.05, 3.63) is 54.6 Å². The number of rotatable bonds is 2. The first-order chi connectivity index (χ1) is 13.1. The van der Waals surface area contributed by atoms with E-state index in [1.165, 1.54) is 0 Å². The highest BCUT2D eigenvalue weighted by atomic mass is 35.9. The summed E-state index contributed by atoms with van der Waals surface area (Å²) in [6.07, 6.45) is 0. The Balaban J connectivity index is 1.78. The Morgan fingerprint density at radius 2 is 1.18 bits per heavy atom. The molecular weight excluding hydrogens is 520 g/mol. The Bertz CT molecular complexity index is 1420. The fraction of sp³-hybridized carbons (Fsp3) is 0. The first kappa shape index (κ1) is 19.8. The maximum Gasteiger partial charge on any atom is 0.350 e. The van der Waals surface area contributed by atoms with Gasteiger partial charge in [0.15, 0.2) is 0 Å². The van der Waals surface area contributed by atoms with Crippen molar-refractivity contribution in [1.82, 2.24) is 0 Å². The summed E-state index contributed by atoms with van der Waals surface area (Å²) in [5, 5.41) is 6.50. The summed E-state index contributed by atoms with van der Waals surface area (Å²) in [5.74, 6) is -5.79. The molecule has 0 N–H and O–H groups in total. The van der Waals surface area contributed by atoms with Gasteiger partial charge in [0, 0.05) is 10.8 Å². The van der Waals surface area contributed by atoms with Gasteiger partial charge in [-0.05, 0) is 89.9 Å². The van der Waals surface area contributed by atoms with E-state index in [2.05, 4.69) is 37.8 Å². The van der Waals surface area contributed by atoms with Gasteiger partial charge in [-0.2, -0.15) is 13.5 Å². The van der Waals surface area contributed by atoms with Crippen LogP contribution >= 0.6 is 74.8 Å². The number of benzene rings is 4. The van der Waals surface area contributed by atoms with E-state index in [0.717, 1.165) is 32.3 Å². The number of hydrogen-bond acceptors (Lipinski definition) is 4. The quantitative estimate of drug-likeness (QED) is 0.188. The first-order valence-corrected chi connectivity index (χ1v) is 17.4. The molecule has 0 fully saturated rings. The maximum atomic E-state index is 6.58. The van der Waals surface area contributed by atoms with Crippen LogP contribution in [0.1, 0.15) is 0 Å². The lowest BCUT2D eigenvalue weighted by atomic mass is 9.94.